The highest BCUT2D eigenvalue weighted by Gasteiger charge is 2.14. The van der Waals surface area contributed by atoms with Crippen molar-refractivity contribution < 1.29 is 4.74 Å². The highest BCUT2D eigenvalue weighted by Crippen LogP contribution is 2.30. The predicted octanol–water partition coefficient (Wildman–Crippen LogP) is 3.47. The second-order valence-electron chi connectivity index (χ2n) is 5.95. The van der Waals surface area contributed by atoms with E-state index in [0.717, 1.165) is 9.26 Å². The van der Waals surface area contributed by atoms with Gasteiger partial charge in [0.1, 0.15) is 21.0 Å². The number of anilines is 2. The topological polar surface area (TPSA) is 114 Å². The molecule has 138 valence electrons. The van der Waals surface area contributed by atoms with Crippen LogP contribution in [-0.2, 0) is 7.05 Å². The molecule has 0 aliphatic rings. The zero-order valence-electron chi connectivity index (χ0n) is 14.9. The zero-order chi connectivity index (χ0) is 19.7. The van der Waals surface area contributed by atoms with Crippen LogP contribution < -0.4 is 10.1 Å². The van der Waals surface area contributed by atoms with E-state index in [4.69, 9.17) is 10.00 Å². The third-order valence-electron chi connectivity index (χ3n) is 3.93. The van der Waals surface area contributed by atoms with Crippen molar-refractivity contribution in [3.63, 3.8) is 0 Å². The number of hydrogen-bond donors (Lipinski definition) is 1. The van der Waals surface area contributed by atoms with Crippen molar-refractivity contribution in [3.05, 3.63) is 51.7 Å². The number of aryl methyl sites for hydroxylation is 2. The number of pyridine rings is 2. The lowest BCUT2D eigenvalue weighted by molar-refractivity contribution is 0.459. The Hall–Kier alpha value is -3.33. The summed E-state index contributed by atoms with van der Waals surface area (Å²) in [5.41, 5.74) is 3.15. The van der Waals surface area contributed by atoms with Gasteiger partial charge in [-0.2, -0.15) is 10.2 Å². The van der Waals surface area contributed by atoms with Gasteiger partial charge < -0.3 is 14.6 Å². The van der Waals surface area contributed by atoms with Gasteiger partial charge in [-0.05, 0) is 53.3 Å². The van der Waals surface area contributed by atoms with E-state index in [2.05, 4.69) is 53.1 Å². The molecule has 0 saturated heterocycles. The number of hydrogen-bond acceptors (Lipinski definition) is 8. The predicted molar refractivity (Wildman–Crippen MR) is 110 cm³/mol. The van der Waals surface area contributed by atoms with Gasteiger partial charge in [0, 0.05) is 13.1 Å². The molecule has 4 heterocycles. The molecule has 0 saturated carbocycles. The number of fused-ring (bicyclic) bond motifs is 1. The van der Waals surface area contributed by atoms with Crippen molar-refractivity contribution in [1.82, 2.24) is 29.7 Å². The van der Waals surface area contributed by atoms with Crippen molar-refractivity contribution in [2.75, 3.05) is 5.32 Å². The van der Waals surface area contributed by atoms with Crippen LogP contribution in [0.2, 0.25) is 0 Å². The highest BCUT2D eigenvalue weighted by molar-refractivity contribution is 14.1. The van der Waals surface area contributed by atoms with Gasteiger partial charge in [0.2, 0.25) is 5.88 Å². The van der Waals surface area contributed by atoms with E-state index >= 15 is 0 Å². The van der Waals surface area contributed by atoms with Crippen molar-refractivity contribution >= 4 is 45.3 Å². The molecule has 1 N–H and O–H groups in total. The van der Waals surface area contributed by atoms with Gasteiger partial charge in [0.15, 0.2) is 17.2 Å². The second kappa shape index (κ2) is 7.35. The molecule has 0 unspecified atom stereocenters. The summed E-state index contributed by atoms with van der Waals surface area (Å²) >= 11 is 2.10. The lowest BCUT2D eigenvalue weighted by atomic mass is 10.2. The van der Waals surface area contributed by atoms with Gasteiger partial charge in [-0.1, -0.05) is 0 Å². The Morgan fingerprint density at radius 1 is 1.21 bits per heavy atom. The summed E-state index contributed by atoms with van der Waals surface area (Å²) in [6, 6.07) is 9.11. The maximum Gasteiger partial charge on any atom is 0.223 e. The van der Waals surface area contributed by atoms with Gasteiger partial charge in [0.25, 0.3) is 0 Å². The molecule has 4 rings (SSSR count). The number of rotatable bonds is 4. The molecule has 0 atom stereocenters. The van der Waals surface area contributed by atoms with Crippen LogP contribution in [0, 0.1) is 22.0 Å². The Bertz CT molecular complexity index is 1210. The van der Waals surface area contributed by atoms with Crippen LogP contribution >= 0.6 is 22.6 Å². The molecule has 0 spiro atoms. The lowest BCUT2D eigenvalue weighted by Gasteiger charge is -2.11. The van der Waals surface area contributed by atoms with Crippen LogP contribution in [0.25, 0.3) is 11.2 Å². The minimum absolute atomic E-state index is 0.333. The number of ether oxygens (including phenoxy) is 1. The fourth-order valence-electron chi connectivity index (χ4n) is 2.57. The maximum absolute atomic E-state index is 8.97. The average Bonchev–Trinajstić information content (AvgIpc) is 3.06. The summed E-state index contributed by atoms with van der Waals surface area (Å²) < 4.78 is 8.54. The maximum atomic E-state index is 8.97. The Morgan fingerprint density at radius 3 is 2.79 bits per heavy atom. The van der Waals surface area contributed by atoms with Gasteiger partial charge in [-0.25, -0.2) is 9.97 Å². The molecule has 0 bridgehead atoms. The summed E-state index contributed by atoms with van der Waals surface area (Å²) in [6.45, 7) is 1.85. The van der Waals surface area contributed by atoms with E-state index in [9.17, 15) is 0 Å². The van der Waals surface area contributed by atoms with Gasteiger partial charge in [-0.15, -0.1) is 10.2 Å². The molecule has 0 amide bonds. The first-order valence-corrected chi connectivity index (χ1v) is 9.24. The molecule has 0 aromatic carbocycles. The number of imidazole rings is 1. The monoisotopic (exact) mass is 484 g/mol. The minimum atomic E-state index is 0.333. The molecule has 10 heteroatoms. The fraction of sp³-hybridized carbons (Fsp3) is 0.111. The van der Waals surface area contributed by atoms with E-state index in [-0.39, 0.29) is 0 Å². The third kappa shape index (κ3) is 3.56. The van der Waals surface area contributed by atoms with E-state index in [1.807, 2.05) is 32.2 Å². The molecule has 0 radical (unpaired) electrons. The zero-order valence-corrected chi connectivity index (χ0v) is 17.0. The van der Waals surface area contributed by atoms with Crippen molar-refractivity contribution in [2.45, 2.75) is 6.92 Å². The molecule has 9 nitrogen and oxygen atoms in total. The first-order valence-electron chi connectivity index (χ1n) is 8.16. The fourth-order valence-corrected chi connectivity index (χ4v) is 2.85. The summed E-state index contributed by atoms with van der Waals surface area (Å²) in [4.78, 5) is 13.0. The molecular weight excluding hydrogens is 471 g/mol. The Morgan fingerprint density at radius 2 is 2.07 bits per heavy atom. The number of nitriles is 1. The highest BCUT2D eigenvalue weighted by atomic mass is 127. The van der Waals surface area contributed by atoms with E-state index in [0.29, 0.717) is 40.0 Å². The number of aromatic nitrogens is 6. The summed E-state index contributed by atoms with van der Waals surface area (Å²) in [5.74, 6) is 1.47. The Kier molecular flexibility index (Phi) is 4.74. The normalized spacial score (nSPS) is 10.6. The average molecular weight is 484 g/mol. The molecule has 4 aromatic rings. The standard InChI is InChI=1S/C18H13IN8O/c1-10-5-11(7-20)21-8-13(10)28-16-6-12(17-18(24-16)27(2)9-22-17)23-15-4-3-14(19)25-26-15/h3-6,8-9H,1-2H3,(H,23,24,26). The van der Waals surface area contributed by atoms with Crippen LogP contribution in [0.1, 0.15) is 11.3 Å². The minimum Gasteiger partial charge on any atom is -0.437 e. The van der Waals surface area contributed by atoms with Gasteiger partial charge in [0.05, 0.1) is 18.2 Å². The second-order valence-corrected chi connectivity index (χ2v) is 7.06. The van der Waals surface area contributed by atoms with Crippen LogP contribution in [0.4, 0.5) is 11.5 Å². The van der Waals surface area contributed by atoms with E-state index in [1.54, 1.807) is 23.0 Å². The molecular formula is C18H13IN8O. The van der Waals surface area contributed by atoms with Crippen LogP contribution in [0.5, 0.6) is 11.6 Å². The molecule has 0 fully saturated rings. The number of nitrogens with zero attached hydrogens (tertiary/aromatic N) is 7. The lowest BCUT2D eigenvalue weighted by Crippen LogP contribution is -2.00. The third-order valence-corrected chi connectivity index (χ3v) is 4.51. The molecule has 0 aliphatic carbocycles. The Labute approximate surface area is 173 Å². The molecule has 28 heavy (non-hydrogen) atoms. The summed E-state index contributed by atoms with van der Waals surface area (Å²) in [6.07, 6.45) is 3.20. The van der Waals surface area contributed by atoms with Crippen molar-refractivity contribution in [3.8, 4) is 17.7 Å². The van der Waals surface area contributed by atoms with Gasteiger partial charge >= 0.3 is 0 Å². The van der Waals surface area contributed by atoms with Crippen molar-refractivity contribution in [2.24, 2.45) is 7.05 Å². The summed E-state index contributed by atoms with van der Waals surface area (Å²) in [5, 5.41) is 20.4. The van der Waals surface area contributed by atoms with Crippen LogP contribution in [0.3, 0.4) is 0 Å². The molecule has 0 aliphatic heterocycles. The Balaban J connectivity index is 1.74. The van der Waals surface area contributed by atoms with Gasteiger partial charge in [-0.3, -0.25) is 0 Å². The molecule has 4 aromatic heterocycles. The largest absolute Gasteiger partial charge is 0.437 e. The smallest absolute Gasteiger partial charge is 0.223 e. The summed E-state index contributed by atoms with van der Waals surface area (Å²) in [7, 11) is 1.86. The number of halogens is 1. The first-order chi connectivity index (χ1) is 13.5. The van der Waals surface area contributed by atoms with Crippen LogP contribution in [0.15, 0.2) is 36.8 Å². The number of nitrogens with one attached hydrogen (secondary N) is 1. The van der Waals surface area contributed by atoms with Crippen LogP contribution in [-0.4, -0.2) is 29.7 Å². The van der Waals surface area contributed by atoms with Crippen molar-refractivity contribution in [1.29, 1.82) is 5.26 Å². The van der Waals surface area contributed by atoms with E-state index < -0.39 is 0 Å². The van der Waals surface area contributed by atoms with E-state index in [1.165, 1.54) is 6.20 Å². The quantitative estimate of drug-likeness (QED) is 0.438. The first kappa shape index (κ1) is 18.1. The SMILES string of the molecule is Cc1cc(C#N)ncc1Oc1cc(Nc2ccc(I)nn2)c2ncn(C)c2n1.